The standard InChI is InChI=1S/C9H8Cl2F3NO2S/c10-6-3-5(1-2-9(12,13)14)8(4-7(6)11)18(15,16)17/h3-4H,1-2H2,(H2,15,16,17). The first kappa shape index (κ1) is 15.6. The van der Waals surface area contributed by atoms with Crippen LogP contribution in [0.4, 0.5) is 13.2 Å². The fraction of sp³-hybridized carbons (Fsp3) is 0.333. The van der Waals surface area contributed by atoms with Gasteiger partial charge in [-0.2, -0.15) is 13.2 Å². The van der Waals surface area contributed by atoms with Crippen LogP contribution in [0.15, 0.2) is 17.0 Å². The maximum Gasteiger partial charge on any atom is 0.389 e. The minimum atomic E-state index is -4.40. The number of aryl methyl sites for hydroxylation is 1. The lowest BCUT2D eigenvalue weighted by molar-refractivity contribution is -0.134. The molecule has 0 aliphatic rings. The first-order valence-corrected chi connectivity index (χ1v) is 6.88. The summed E-state index contributed by atoms with van der Waals surface area (Å²) in [6, 6.07) is 2.03. The van der Waals surface area contributed by atoms with Gasteiger partial charge in [-0.15, -0.1) is 0 Å². The van der Waals surface area contributed by atoms with Crippen molar-refractivity contribution in [3.63, 3.8) is 0 Å². The molecule has 0 atom stereocenters. The number of halogens is 5. The number of sulfonamides is 1. The van der Waals surface area contributed by atoms with Crippen molar-refractivity contribution < 1.29 is 21.6 Å². The zero-order valence-corrected chi connectivity index (χ0v) is 11.1. The van der Waals surface area contributed by atoms with Gasteiger partial charge in [0.1, 0.15) is 0 Å². The Bertz CT molecular complexity index is 558. The van der Waals surface area contributed by atoms with Gasteiger partial charge in [0.2, 0.25) is 10.0 Å². The Balaban J connectivity index is 3.21. The van der Waals surface area contributed by atoms with Crippen LogP contribution in [0, 0.1) is 0 Å². The van der Waals surface area contributed by atoms with Crippen LogP contribution in [-0.2, 0) is 16.4 Å². The van der Waals surface area contributed by atoms with Crippen molar-refractivity contribution in [2.75, 3.05) is 0 Å². The molecule has 2 N–H and O–H groups in total. The van der Waals surface area contributed by atoms with Crippen LogP contribution in [0.25, 0.3) is 0 Å². The van der Waals surface area contributed by atoms with E-state index in [4.69, 9.17) is 28.3 Å². The highest BCUT2D eigenvalue weighted by Crippen LogP contribution is 2.31. The molecule has 0 aliphatic carbocycles. The van der Waals surface area contributed by atoms with Crippen LogP contribution in [0.2, 0.25) is 10.0 Å². The molecule has 0 aromatic heterocycles. The molecule has 1 rings (SSSR count). The van der Waals surface area contributed by atoms with Gasteiger partial charge in [0, 0.05) is 6.42 Å². The third-order valence-electron chi connectivity index (χ3n) is 2.09. The molecule has 1 aromatic rings. The van der Waals surface area contributed by atoms with Gasteiger partial charge in [-0.25, -0.2) is 13.6 Å². The van der Waals surface area contributed by atoms with Crippen molar-refractivity contribution in [2.45, 2.75) is 23.9 Å². The normalized spacial score (nSPS) is 12.8. The zero-order chi connectivity index (χ0) is 14.1. The summed E-state index contributed by atoms with van der Waals surface area (Å²) in [4.78, 5) is -0.443. The first-order chi connectivity index (χ1) is 8.00. The minimum Gasteiger partial charge on any atom is -0.225 e. The average molecular weight is 322 g/mol. The van der Waals surface area contributed by atoms with Crippen LogP contribution >= 0.6 is 23.2 Å². The van der Waals surface area contributed by atoms with E-state index in [1.807, 2.05) is 0 Å². The van der Waals surface area contributed by atoms with E-state index in [-0.39, 0.29) is 15.6 Å². The summed E-state index contributed by atoms with van der Waals surface area (Å²) in [5, 5.41) is 4.79. The van der Waals surface area contributed by atoms with Crippen LogP contribution < -0.4 is 5.14 Å². The third-order valence-corrected chi connectivity index (χ3v) is 3.80. The number of nitrogens with two attached hydrogens (primary N) is 1. The Labute approximate surface area is 112 Å². The van der Waals surface area contributed by atoms with E-state index >= 15 is 0 Å². The maximum atomic E-state index is 12.1. The van der Waals surface area contributed by atoms with E-state index < -0.39 is 33.9 Å². The van der Waals surface area contributed by atoms with Crippen molar-refractivity contribution in [1.82, 2.24) is 0 Å². The van der Waals surface area contributed by atoms with E-state index in [0.717, 1.165) is 12.1 Å². The Kier molecular flexibility index (Phi) is 4.53. The van der Waals surface area contributed by atoms with Crippen molar-refractivity contribution in [3.05, 3.63) is 27.7 Å². The number of benzene rings is 1. The molecule has 0 amide bonds. The molecule has 18 heavy (non-hydrogen) atoms. The molecule has 0 saturated heterocycles. The molecule has 102 valence electrons. The number of alkyl halides is 3. The molecule has 0 spiro atoms. The Hall–Kier alpha value is -0.500. The average Bonchev–Trinajstić information content (AvgIpc) is 2.16. The van der Waals surface area contributed by atoms with Gasteiger partial charge in [0.15, 0.2) is 0 Å². The van der Waals surface area contributed by atoms with Gasteiger partial charge < -0.3 is 0 Å². The SMILES string of the molecule is NS(=O)(=O)c1cc(Cl)c(Cl)cc1CCC(F)(F)F. The van der Waals surface area contributed by atoms with Crippen molar-refractivity contribution in [2.24, 2.45) is 5.14 Å². The summed E-state index contributed by atoms with van der Waals surface area (Å²) in [6.45, 7) is 0. The molecule has 3 nitrogen and oxygen atoms in total. The van der Waals surface area contributed by atoms with E-state index in [9.17, 15) is 21.6 Å². The first-order valence-electron chi connectivity index (χ1n) is 4.58. The highest BCUT2D eigenvalue weighted by Gasteiger charge is 2.28. The lowest BCUT2D eigenvalue weighted by Gasteiger charge is -2.11. The molecule has 0 heterocycles. The van der Waals surface area contributed by atoms with E-state index in [1.54, 1.807) is 0 Å². The van der Waals surface area contributed by atoms with Gasteiger partial charge in [-0.05, 0) is 24.1 Å². The fourth-order valence-corrected chi connectivity index (χ4v) is 2.53. The van der Waals surface area contributed by atoms with Crippen molar-refractivity contribution in [3.8, 4) is 0 Å². The van der Waals surface area contributed by atoms with Crippen molar-refractivity contribution in [1.29, 1.82) is 0 Å². The molecule has 9 heteroatoms. The zero-order valence-electron chi connectivity index (χ0n) is 8.76. The highest BCUT2D eigenvalue weighted by atomic mass is 35.5. The summed E-state index contributed by atoms with van der Waals surface area (Å²) in [5.74, 6) is 0. The second-order valence-corrected chi connectivity index (χ2v) is 5.88. The Morgan fingerprint density at radius 3 is 2.11 bits per heavy atom. The quantitative estimate of drug-likeness (QED) is 0.929. The van der Waals surface area contributed by atoms with Gasteiger partial charge in [-0.3, -0.25) is 0 Å². The minimum absolute atomic E-state index is 0.0266. The predicted molar refractivity (Wildman–Crippen MR) is 62.2 cm³/mol. The van der Waals surface area contributed by atoms with E-state index in [2.05, 4.69) is 0 Å². The summed E-state index contributed by atoms with van der Waals surface area (Å²) < 4.78 is 58.8. The van der Waals surface area contributed by atoms with E-state index in [0.29, 0.717) is 0 Å². The largest absolute Gasteiger partial charge is 0.389 e. The molecule has 1 aromatic carbocycles. The molecular weight excluding hydrogens is 314 g/mol. The van der Waals surface area contributed by atoms with Gasteiger partial charge in [0.25, 0.3) is 0 Å². The van der Waals surface area contributed by atoms with Crippen LogP contribution in [0.3, 0.4) is 0 Å². The van der Waals surface area contributed by atoms with Crippen LogP contribution in [-0.4, -0.2) is 14.6 Å². The summed E-state index contributed by atoms with van der Waals surface area (Å²) in [6.07, 6.45) is -6.11. The topological polar surface area (TPSA) is 60.2 Å². The van der Waals surface area contributed by atoms with Gasteiger partial charge >= 0.3 is 6.18 Å². The lowest BCUT2D eigenvalue weighted by atomic mass is 10.1. The molecule has 0 unspecified atom stereocenters. The Morgan fingerprint density at radius 1 is 1.17 bits per heavy atom. The number of primary sulfonamides is 1. The van der Waals surface area contributed by atoms with Crippen LogP contribution in [0.1, 0.15) is 12.0 Å². The summed E-state index contributed by atoms with van der Waals surface area (Å²) in [7, 11) is -4.15. The maximum absolute atomic E-state index is 12.1. The molecule has 0 fully saturated rings. The monoisotopic (exact) mass is 321 g/mol. The van der Waals surface area contributed by atoms with Crippen LogP contribution in [0.5, 0.6) is 0 Å². The van der Waals surface area contributed by atoms with Crippen molar-refractivity contribution >= 4 is 33.2 Å². The smallest absolute Gasteiger partial charge is 0.225 e. The summed E-state index contributed by atoms with van der Waals surface area (Å²) >= 11 is 11.2. The van der Waals surface area contributed by atoms with E-state index in [1.165, 1.54) is 0 Å². The van der Waals surface area contributed by atoms with Gasteiger partial charge in [-0.1, -0.05) is 23.2 Å². The number of hydrogen-bond acceptors (Lipinski definition) is 2. The Morgan fingerprint density at radius 2 is 1.67 bits per heavy atom. The fourth-order valence-electron chi connectivity index (χ4n) is 1.31. The number of rotatable bonds is 3. The summed E-state index contributed by atoms with van der Waals surface area (Å²) in [5.41, 5.74) is -0.107. The van der Waals surface area contributed by atoms with Gasteiger partial charge in [0.05, 0.1) is 14.9 Å². The number of hydrogen-bond donors (Lipinski definition) is 1. The lowest BCUT2D eigenvalue weighted by Crippen LogP contribution is -2.16. The molecule has 0 bridgehead atoms. The second kappa shape index (κ2) is 5.24. The molecule has 0 aliphatic heterocycles. The second-order valence-electron chi connectivity index (χ2n) is 3.53. The molecule has 0 radical (unpaired) electrons. The predicted octanol–water partition coefficient (Wildman–Crippen LogP) is 3.14. The highest BCUT2D eigenvalue weighted by molar-refractivity contribution is 7.89. The molecular formula is C9H8Cl2F3NO2S. The molecule has 0 saturated carbocycles. The third kappa shape index (κ3) is 4.31.